The summed E-state index contributed by atoms with van der Waals surface area (Å²) in [4.78, 5) is 21.3. The summed E-state index contributed by atoms with van der Waals surface area (Å²) in [5, 5.41) is 8.29. The average Bonchev–Trinajstić information content (AvgIpc) is 1.99. The minimum atomic E-state index is -4.64. The van der Waals surface area contributed by atoms with Crippen molar-refractivity contribution in [2.75, 3.05) is 13.1 Å². The van der Waals surface area contributed by atoms with Gasteiger partial charge in [0, 0.05) is 0 Å². The summed E-state index contributed by atoms with van der Waals surface area (Å²) < 4.78 is 35.8. The smallest absolute Gasteiger partial charge is 0.406 e. The molecule has 0 atom stereocenters. The third-order valence-corrected chi connectivity index (χ3v) is 1.22. The SMILES string of the molecule is CC#CC(=O)N(CC(=O)O)CC(F)(F)F. The zero-order valence-electron chi connectivity index (χ0n) is 7.76. The third kappa shape index (κ3) is 6.37. The maximum atomic E-state index is 11.9. The number of carboxylic acid groups (broad SMARTS) is 1. The van der Waals surface area contributed by atoms with E-state index in [1.165, 1.54) is 6.92 Å². The van der Waals surface area contributed by atoms with Crippen LogP contribution in [0.25, 0.3) is 0 Å². The molecule has 0 aromatic carbocycles. The Morgan fingerprint density at radius 3 is 2.27 bits per heavy atom. The monoisotopic (exact) mass is 223 g/mol. The highest BCUT2D eigenvalue weighted by Crippen LogP contribution is 2.16. The molecule has 0 fully saturated rings. The number of rotatable bonds is 3. The van der Waals surface area contributed by atoms with Crippen molar-refractivity contribution in [2.45, 2.75) is 13.1 Å². The number of hydrogen-bond acceptors (Lipinski definition) is 2. The van der Waals surface area contributed by atoms with Crippen LogP contribution in [0.3, 0.4) is 0 Å². The highest BCUT2D eigenvalue weighted by Gasteiger charge is 2.33. The molecule has 4 nitrogen and oxygen atoms in total. The van der Waals surface area contributed by atoms with Gasteiger partial charge in [0.15, 0.2) is 0 Å². The van der Waals surface area contributed by atoms with Gasteiger partial charge in [-0.2, -0.15) is 13.2 Å². The van der Waals surface area contributed by atoms with Gasteiger partial charge in [0.2, 0.25) is 0 Å². The van der Waals surface area contributed by atoms with Crippen LogP contribution >= 0.6 is 0 Å². The second-order valence-electron chi connectivity index (χ2n) is 2.55. The molecular formula is C8H8F3NO3. The summed E-state index contributed by atoms with van der Waals surface area (Å²) in [5.74, 6) is 1.27. The van der Waals surface area contributed by atoms with E-state index in [1.807, 2.05) is 5.92 Å². The van der Waals surface area contributed by atoms with E-state index in [1.54, 1.807) is 0 Å². The lowest BCUT2D eigenvalue weighted by atomic mass is 10.4. The molecule has 0 aliphatic carbocycles. The van der Waals surface area contributed by atoms with Crippen molar-refractivity contribution >= 4 is 11.9 Å². The lowest BCUT2D eigenvalue weighted by Crippen LogP contribution is -2.41. The van der Waals surface area contributed by atoms with Gasteiger partial charge in [-0.05, 0) is 12.8 Å². The zero-order chi connectivity index (χ0) is 12.1. The fourth-order valence-electron chi connectivity index (χ4n) is 0.765. The normalized spacial score (nSPS) is 10.1. The quantitative estimate of drug-likeness (QED) is 0.708. The van der Waals surface area contributed by atoms with Crippen molar-refractivity contribution in [1.82, 2.24) is 4.90 Å². The Morgan fingerprint density at radius 2 is 1.93 bits per heavy atom. The van der Waals surface area contributed by atoms with Gasteiger partial charge in [-0.3, -0.25) is 9.59 Å². The predicted molar refractivity (Wildman–Crippen MR) is 43.7 cm³/mol. The molecular weight excluding hydrogens is 215 g/mol. The first-order valence-electron chi connectivity index (χ1n) is 3.76. The number of hydrogen-bond donors (Lipinski definition) is 1. The van der Waals surface area contributed by atoms with Crippen LogP contribution in [0, 0.1) is 11.8 Å². The fraction of sp³-hybridized carbons (Fsp3) is 0.500. The average molecular weight is 223 g/mol. The minimum Gasteiger partial charge on any atom is -0.480 e. The van der Waals surface area contributed by atoms with E-state index >= 15 is 0 Å². The van der Waals surface area contributed by atoms with E-state index in [0.29, 0.717) is 0 Å². The molecule has 1 amide bonds. The Bertz CT molecular complexity index is 313. The zero-order valence-corrected chi connectivity index (χ0v) is 7.76. The van der Waals surface area contributed by atoms with Crippen LogP contribution in [-0.4, -0.2) is 41.1 Å². The molecule has 0 aromatic heterocycles. The van der Waals surface area contributed by atoms with E-state index in [2.05, 4.69) is 5.92 Å². The van der Waals surface area contributed by atoms with Gasteiger partial charge in [0.25, 0.3) is 5.91 Å². The molecule has 0 rings (SSSR count). The molecule has 0 aliphatic heterocycles. The molecule has 7 heteroatoms. The summed E-state index contributed by atoms with van der Waals surface area (Å²) in [6, 6.07) is 0. The van der Waals surface area contributed by atoms with E-state index in [9.17, 15) is 22.8 Å². The van der Waals surface area contributed by atoms with Crippen LogP contribution < -0.4 is 0 Å². The Kier molecular flexibility index (Phi) is 4.64. The van der Waals surface area contributed by atoms with Crippen molar-refractivity contribution in [1.29, 1.82) is 0 Å². The fourth-order valence-corrected chi connectivity index (χ4v) is 0.765. The molecule has 84 valence electrons. The maximum absolute atomic E-state index is 11.9. The molecule has 0 spiro atoms. The molecule has 0 aliphatic rings. The van der Waals surface area contributed by atoms with Gasteiger partial charge in [0.05, 0.1) is 0 Å². The number of carboxylic acids is 1. The van der Waals surface area contributed by atoms with E-state index in [4.69, 9.17) is 5.11 Å². The second-order valence-corrected chi connectivity index (χ2v) is 2.55. The Balaban J connectivity index is 4.63. The number of halogens is 3. The molecule has 0 aromatic rings. The molecule has 0 heterocycles. The van der Waals surface area contributed by atoms with Crippen molar-refractivity contribution in [2.24, 2.45) is 0 Å². The van der Waals surface area contributed by atoms with Crippen LogP contribution in [-0.2, 0) is 9.59 Å². The first kappa shape index (κ1) is 13.3. The number of alkyl halides is 3. The van der Waals surface area contributed by atoms with Gasteiger partial charge < -0.3 is 10.0 Å². The lowest BCUT2D eigenvalue weighted by Gasteiger charge is -2.19. The summed E-state index contributed by atoms with van der Waals surface area (Å²) in [6.45, 7) is -1.37. The number of carbonyl (C=O) groups is 2. The topological polar surface area (TPSA) is 57.6 Å². The van der Waals surface area contributed by atoms with Crippen LogP contribution in [0.2, 0.25) is 0 Å². The molecule has 0 saturated heterocycles. The number of amides is 1. The Hall–Kier alpha value is -1.71. The van der Waals surface area contributed by atoms with E-state index in [-0.39, 0.29) is 4.90 Å². The molecule has 0 radical (unpaired) electrons. The Labute approximate surface area is 83.7 Å². The molecule has 0 saturated carbocycles. The van der Waals surface area contributed by atoms with Crippen molar-refractivity contribution in [3.63, 3.8) is 0 Å². The van der Waals surface area contributed by atoms with Gasteiger partial charge in [-0.25, -0.2) is 0 Å². The lowest BCUT2D eigenvalue weighted by molar-refractivity contribution is -0.162. The first-order valence-corrected chi connectivity index (χ1v) is 3.76. The van der Waals surface area contributed by atoms with Crippen LogP contribution in [0.5, 0.6) is 0 Å². The predicted octanol–water partition coefficient (Wildman–Crippen LogP) is 0.485. The van der Waals surface area contributed by atoms with Crippen molar-refractivity contribution in [3.05, 3.63) is 0 Å². The first-order chi connectivity index (χ1) is 6.76. The maximum Gasteiger partial charge on any atom is 0.406 e. The van der Waals surface area contributed by atoms with Gasteiger partial charge in [-0.15, -0.1) is 0 Å². The summed E-state index contributed by atoms with van der Waals surface area (Å²) >= 11 is 0. The number of aliphatic carboxylic acids is 1. The number of nitrogens with zero attached hydrogens (tertiary/aromatic N) is 1. The summed E-state index contributed by atoms with van der Waals surface area (Å²) in [6.07, 6.45) is -4.64. The summed E-state index contributed by atoms with van der Waals surface area (Å²) in [7, 11) is 0. The third-order valence-electron chi connectivity index (χ3n) is 1.22. The van der Waals surface area contributed by atoms with Gasteiger partial charge >= 0.3 is 12.1 Å². The highest BCUT2D eigenvalue weighted by molar-refractivity contribution is 5.95. The van der Waals surface area contributed by atoms with E-state index in [0.717, 1.165) is 0 Å². The molecule has 0 bridgehead atoms. The minimum absolute atomic E-state index is 0.124. The van der Waals surface area contributed by atoms with Crippen LogP contribution in [0.4, 0.5) is 13.2 Å². The largest absolute Gasteiger partial charge is 0.480 e. The molecule has 0 unspecified atom stereocenters. The van der Waals surface area contributed by atoms with Crippen LogP contribution in [0.1, 0.15) is 6.92 Å². The van der Waals surface area contributed by atoms with E-state index < -0.39 is 31.1 Å². The standard InChI is InChI=1S/C8H8F3NO3/c1-2-3-6(13)12(4-7(14)15)5-8(9,10)11/h4-5H2,1H3,(H,14,15). The van der Waals surface area contributed by atoms with Gasteiger partial charge in [0.1, 0.15) is 13.1 Å². The van der Waals surface area contributed by atoms with Gasteiger partial charge in [-0.1, -0.05) is 5.92 Å². The molecule has 1 N–H and O–H groups in total. The van der Waals surface area contributed by atoms with Crippen LogP contribution in [0.15, 0.2) is 0 Å². The van der Waals surface area contributed by atoms with Crippen molar-refractivity contribution < 1.29 is 27.9 Å². The summed E-state index contributed by atoms with van der Waals surface area (Å²) in [5.41, 5.74) is 0. The Morgan fingerprint density at radius 1 is 1.40 bits per heavy atom. The van der Waals surface area contributed by atoms with Crippen molar-refractivity contribution in [3.8, 4) is 11.8 Å². The second kappa shape index (κ2) is 5.24. The highest BCUT2D eigenvalue weighted by atomic mass is 19.4. The molecule has 15 heavy (non-hydrogen) atoms. The number of carbonyl (C=O) groups excluding carboxylic acids is 1.